The lowest BCUT2D eigenvalue weighted by Gasteiger charge is -2.00. The molecule has 0 unspecified atom stereocenters. The van der Waals surface area contributed by atoms with Crippen LogP contribution in [0.5, 0.6) is 0 Å². The molecule has 0 N–H and O–H groups in total. The SMILES string of the molecule is Cc1cccc([N+]([O-])=Nc2ccccc2)c1. The average Bonchev–Trinajstić information content (AvgIpc) is 2.30. The first-order valence-corrected chi connectivity index (χ1v) is 5.06. The van der Waals surface area contributed by atoms with Gasteiger partial charge in [-0.3, -0.25) is 0 Å². The van der Waals surface area contributed by atoms with Crippen molar-refractivity contribution in [2.75, 3.05) is 0 Å². The van der Waals surface area contributed by atoms with Gasteiger partial charge in [0.05, 0.1) is 0 Å². The first kappa shape index (κ1) is 10.4. The zero-order chi connectivity index (χ0) is 11.4. The number of hydrogen-bond donors (Lipinski definition) is 0. The number of nitrogens with zero attached hydrogens (tertiary/aromatic N) is 2. The maximum atomic E-state index is 11.7. The molecule has 0 atom stereocenters. The molecule has 0 radical (unpaired) electrons. The summed E-state index contributed by atoms with van der Waals surface area (Å²) < 4.78 is 0. The van der Waals surface area contributed by atoms with Crippen LogP contribution in [0.1, 0.15) is 5.56 Å². The van der Waals surface area contributed by atoms with Gasteiger partial charge >= 0.3 is 0 Å². The lowest BCUT2D eigenvalue weighted by Crippen LogP contribution is -1.90. The van der Waals surface area contributed by atoms with Gasteiger partial charge < -0.3 is 5.21 Å². The lowest BCUT2D eigenvalue weighted by molar-refractivity contribution is -0.435. The normalized spacial score (nSPS) is 11.4. The molecular formula is C13H12N2O. The standard InChI is InChI=1S/C13H12N2O/c1-11-6-5-9-13(10-11)15(16)14-12-7-3-2-4-8-12/h2-10H,1H3. The van der Waals surface area contributed by atoms with Crippen molar-refractivity contribution in [1.82, 2.24) is 0 Å². The number of benzene rings is 2. The summed E-state index contributed by atoms with van der Waals surface area (Å²) in [5.41, 5.74) is 2.24. The van der Waals surface area contributed by atoms with E-state index >= 15 is 0 Å². The van der Waals surface area contributed by atoms with Crippen molar-refractivity contribution in [3.05, 3.63) is 65.4 Å². The smallest absolute Gasteiger partial charge is 0.245 e. The molecule has 2 aromatic carbocycles. The van der Waals surface area contributed by atoms with E-state index in [1.54, 1.807) is 24.3 Å². The van der Waals surface area contributed by atoms with Crippen LogP contribution in [-0.4, -0.2) is 4.86 Å². The molecule has 16 heavy (non-hydrogen) atoms. The summed E-state index contributed by atoms with van der Waals surface area (Å²) in [4.78, 5) is 0.641. The first-order chi connectivity index (χ1) is 7.75. The number of aryl methyl sites for hydroxylation is 1. The van der Waals surface area contributed by atoms with E-state index in [0.717, 1.165) is 5.56 Å². The Kier molecular flexibility index (Phi) is 2.96. The zero-order valence-electron chi connectivity index (χ0n) is 9.00. The van der Waals surface area contributed by atoms with Gasteiger partial charge in [-0.25, -0.2) is 0 Å². The first-order valence-electron chi connectivity index (χ1n) is 5.06. The third-order valence-electron chi connectivity index (χ3n) is 2.19. The van der Waals surface area contributed by atoms with E-state index in [9.17, 15) is 5.21 Å². The van der Waals surface area contributed by atoms with E-state index in [4.69, 9.17) is 0 Å². The fourth-order valence-electron chi connectivity index (χ4n) is 1.40. The Balaban J connectivity index is 2.32. The van der Waals surface area contributed by atoms with Crippen LogP contribution in [0.3, 0.4) is 0 Å². The summed E-state index contributed by atoms with van der Waals surface area (Å²) in [5.74, 6) is 0. The summed E-state index contributed by atoms with van der Waals surface area (Å²) in [6, 6.07) is 16.5. The second-order valence-corrected chi connectivity index (χ2v) is 3.55. The molecule has 0 aliphatic rings. The molecule has 3 heteroatoms. The largest absolute Gasteiger partial charge is 0.594 e. The van der Waals surface area contributed by atoms with Crippen LogP contribution >= 0.6 is 0 Å². The number of hydrogen-bond acceptors (Lipinski definition) is 2. The maximum absolute atomic E-state index is 11.7. The third-order valence-corrected chi connectivity index (χ3v) is 2.19. The molecule has 0 saturated heterocycles. The summed E-state index contributed by atoms with van der Waals surface area (Å²) in [7, 11) is 0. The molecule has 80 valence electrons. The molecule has 0 bridgehead atoms. The van der Waals surface area contributed by atoms with E-state index in [-0.39, 0.29) is 0 Å². The minimum atomic E-state index is 0.545. The second-order valence-electron chi connectivity index (χ2n) is 3.55. The molecule has 0 spiro atoms. The molecule has 0 aliphatic carbocycles. The van der Waals surface area contributed by atoms with Gasteiger partial charge in [0, 0.05) is 17.2 Å². The summed E-state index contributed by atoms with van der Waals surface area (Å²) in [5, 5.41) is 15.7. The summed E-state index contributed by atoms with van der Waals surface area (Å²) in [6.07, 6.45) is 0. The van der Waals surface area contributed by atoms with Crippen molar-refractivity contribution in [3.8, 4) is 0 Å². The van der Waals surface area contributed by atoms with Crippen molar-refractivity contribution in [2.24, 2.45) is 5.11 Å². The van der Waals surface area contributed by atoms with Gasteiger partial charge in [0.1, 0.15) is 5.69 Å². The van der Waals surface area contributed by atoms with Crippen LogP contribution in [0.15, 0.2) is 59.7 Å². The minimum absolute atomic E-state index is 0.545. The van der Waals surface area contributed by atoms with Crippen molar-refractivity contribution >= 4 is 11.4 Å². The van der Waals surface area contributed by atoms with Gasteiger partial charge in [-0.1, -0.05) is 35.2 Å². The van der Waals surface area contributed by atoms with E-state index in [1.807, 2.05) is 37.3 Å². The molecule has 0 aliphatic heterocycles. The number of azo groups is 1. The average molecular weight is 212 g/mol. The maximum Gasteiger partial charge on any atom is 0.245 e. The second kappa shape index (κ2) is 4.57. The third kappa shape index (κ3) is 2.45. The fraction of sp³-hybridized carbons (Fsp3) is 0.0769. The summed E-state index contributed by atoms with van der Waals surface area (Å²) in [6.45, 7) is 1.94. The van der Waals surface area contributed by atoms with Crippen LogP contribution < -0.4 is 0 Å². The predicted molar refractivity (Wildman–Crippen MR) is 63.0 cm³/mol. The van der Waals surface area contributed by atoms with Gasteiger partial charge in [-0.05, 0) is 24.6 Å². The van der Waals surface area contributed by atoms with E-state index in [1.165, 1.54) is 0 Å². The van der Waals surface area contributed by atoms with Crippen molar-refractivity contribution in [2.45, 2.75) is 6.92 Å². The Morgan fingerprint density at radius 2 is 1.75 bits per heavy atom. The molecular weight excluding hydrogens is 200 g/mol. The molecule has 2 aromatic rings. The Morgan fingerprint density at radius 1 is 1.00 bits per heavy atom. The Hall–Kier alpha value is -2.16. The summed E-state index contributed by atoms with van der Waals surface area (Å²) >= 11 is 0. The molecule has 0 saturated carbocycles. The molecule has 0 fully saturated rings. The van der Waals surface area contributed by atoms with Gasteiger partial charge in [-0.2, -0.15) is 0 Å². The predicted octanol–water partition coefficient (Wildman–Crippen LogP) is 3.92. The topological polar surface area (TPSA) is 38.4 Å². The van der Waals surface area contributed by atoms with Crippen molar-refractivity contribution in [3.63, 3.8) is 0 Å². The molecule has 3 nitrogen and oxygen atoms in total. The Morgan fingerprint density at radius 3 is 2.44 bits per heavy atom. The van der Waals surface area contributed by atoms with Crippen molar-refractivity contribution < 1.29 is 4.86 Å². The molecule has 0 aromatic heterocycles. The van der Waals surface area contributed by atoms with Crippen LogP contribution in [0.25, 0.3) is 0 Å². The molecule has 2 rings (SSSR count). The lowest BCUT2D eigenvalue weighted by atomic mass is 10.2. The highest BCUT2D eigenvalue weighted by Gasteiger charge is 2.03. The van der Waals surface area contributed by atoms with Crippen LogP contribution in [-0.2, 0) is 0 Å². The van der Waals surface area contributed by atoms with Gasteiger partial charge in [0.2, 0.25) is 5.69 Å². The van der Waals surface area contributed by atoms with E-state index < -0.39 is 0 Å². The zero-order valence-corrected chi connectivity index (χ0v) is 9.00. The van der Waals surface area contributed by atoms with Gasteiger partial charge in [-0.15, -0.1) is 0 Å². The monoisotopic (exact) mass is 212 g/mol. The van der Waals surface area contributed by atoms with Crippen LogP contribution in [0.2, 0.25) is 0 Å². The Labute approximate surface area is 94.3 Å². The molecule has 0 heterocycles. The van der Waals surface area contributed by atoms with Gasteiger partial charge in [0.25, 0.3) is 0 Å². The number of rotatable bonds is 2. The van der Waals surface area contributed by atoms with Crippen LogP contribution in [0, 0.1) is 12.1 Å². The highest BCUT2D eigenvalue weighted by molar-refractivity contribution is 5.36. The van der Waals surface area contributed by atoms with Crippen LogP contribution in [0.4, 0.5) is 11.4 Å². The quantitative estimate of drug-likeness (QED) is 0.422. The fourth-order valence-corrected chi connectivity index (χ4v) is 1.40. The van der Waals surface area contributed by atoms with Crippen molar-refractivity contribution in [1.29, 1.82) is 0 Å². The van der Waals surface area contributed by atoms with E-state index in [0.29, 0.717) is 16.2 Å². The highest BCUT2D eigenvalue weighted by atomic mass is 16.5. The molecule has 0 amide bonds. The minimum Gasteiger partial charge on any atom is -0.594 e. The Bertz CT molecular complexity index is 506. The highest BCUT2D eigenvalue weighted by Crippen LogP contribution is 2.17. The van der Waals surface area contributed by atoms with E-state index in [2.05, 4.69) is 5.11 Å². The van der Waals surface area contributed by atoms with Gasteiger partial charge in [0.15, 0.2) is 0 Å².